The van der Waals surface area contributed by atoms with Crippen LogP contribution in [0.5, 0.6) is 0 Å². The predicted molar refractivity (Wildman–Crippen MR) is 134 cm³/mol. The Labute approximate surface area is 201 Å². The highest BCUT2D eigenvalue weighted by atomic mass is 35.5. The molecular weight excluding hydrogens is 432 g/mol. The van der Waals surface area contributed by atoms with Gasteiger partial charge in [-0.2, -0.15) is 0 Å². The first-order valence-corrected chi connectivity index (χ1v) is 11.7. The van der Waals surface area contributed by atoms with E-state index in [-0.39, 0.29) is 18.2 Å². The van der Waals surface area contributed by atoms with Crippen molar-refractivity contribution in [3.63, 3.8) is 0 Å². The van der Waals surface area contributed by atoms with Gasteiger partial charge in [0, 0.05) is 24.5 Å². The van der Waals surface area contributed by atoms with E-state index in [0.717, 1.165) is 16.7 Å². The first-order valence-electron chi connectivity index (χ1n) is 11.3. The van der Waals surface area contributed by atoms with Crippen molar-refractivity contribution in [1.29, 1.82) is 0 Å². The van der Waals surface area contributed by atoms with Gasteiger partial charge >= 0.3 is 0 Å². The van der Waals surface area contributed by atoms with Crippen molar-refractivity contribution < 1.29 is 9.59 Å². The fraction of sp³-hybridized carbons (Fsp3) is 0.286. The minimum atomic E-state index is -0.627. The molecule has 0 aromatic heterocycles. The molecule has 3 rings (SSSR count). The van der Waals surface area contributed by atoms with E-state index in [0.29, 0.717) is 30.5 Å². The molecule has 5 heteroatoms. The fourth-order valence-corrected chi connectivity index (χ4v) is 3.76. The van der Waals surface area contributed by atoms with E-state index in [1.54, 1.807) is 4.90 Å². The summed E-state index contributed by atoms with van der Waals surface area (Å²) in [5.74, 6) is 0.0933. The average molecular weight is 463 g/mol. The molecular formula is C28H31ClN2O2. The van der Waals surface area contributed by atoms with Crippen LogP contribution in [-0.4, -0.2) is 29.3 Å². The normalized spacial score (nSPS) is 11.8. The van der Waals surface area contributed by atoms with Gasteiger partial charge in [0.15, 0.2) is 0 Å². The van der Waals surface area contributed by atoms with E-state index >= 15 is 0 Å². The van der Waals surface area contributed by atoms with E-state index < -0.39 is 6.04 Å². The number of benzene rings is 3. The number of carbonyl (C=O) groups is 2. The molecule has 3 aromatic carbocycles. The molecule has 3 aromatic rings. The largest absolute Gasteiger partial charge is 0.354 e. The van der Waals surface area contributed by atoms with Crippen molar-refractivity contribution >= 4 is 23.4 Å². The van der Waals surface area contributed by atoms with Gasteiger partial charge in [0.05, 0.1) is 6.42 Å². The SMILES string of the molecule is CC(C)CNC(=O)[C@H](Cc1ccccc1)N(Cc1ccc(Cl)cc1)C(=O)Cc1ccccc1. The summed E-state index contributed by atoms with van der Waals surface area (Å²) in [6, 6.07) is 26.3. The van der Waals surface area contributed by atoms with Crippen molar-refractivity contribution in [2.24, 2.45) is 5.92 Å². The Hall–Kier alpha value is -3.11. The summed E-state index contributed by atoms with van der Waals surface area (Å²) in [6.07, 6.45) is 0.677. The molecule has 0 radical (unpaired) electrons. The molecule has 0 unspecified atom stereocenters. The van der Waals surface area contributed by atoms with Crippen molar-refractivity contribution in [3.05, 3.63) is 107 Å². The maximum atomic E-state index is 13.6. The quantitative estimate of drug-likeness (QED) is 0.444. The van der Waals surface area contributed by atoms with Gasteiger partial charge in [-0.3, -0.25) is 9.59 Å². The fourth-order valence-electron chi connectivity index (χ4n) is 3.64. The maximum Gasteiger partial charge on any atom is 0.243 e. The zero-order valence-corrected chi connectivity index (χ0v) is 20.0. The van der Waals surface area contributed by atoms with E-state index in [4.69, 9.17) is 11.6 Å². The minimum absolute atomic E-state index is 0.0863. The van der Waals surface area contributed by atoms with Crippen LogP contribution < -0.4 is 5.32 Å². The molecule has 0 aliphatic heterocycles. The standard InChI is InChI=1S/C28H31ClN2O2/c1-21(2)19-30-28(33)26(17-22-9-5-3-6-10-22)31(20-24-13-15-25(29)16-14-24)27(32)18-23-11-7-4-8-12-23/h3-16,21,26H,17-20H2,1-2H3,(H,30,33)/t26-/m0/s1. The van der Waals surface area contributed by atoms with Crippen LogP contribution in [0.2, 0.25) is 5.02 Å². The number of hydrogen-bond acceptors (Lipinski definition) is 2. The van der Waals surface area contributed by atoms with Crippen LogP contribution in [0.4, 0.5) is 0 Å². The van der Waals surface area contributed by atoms with Crippen molar-refractivity contribution in [2.45, 2.75) is 39.3 Å². The Kier molecular flexibility index (Phi) is 9.08. The van der Waals surface area contributed by atoms with Crippen LogP contribution >= 0.6 is 11.6 Å². The highest BCUT2D eigenvalue weighted by Crippen LogP contribution is 2.18. The van der Waals surface area contributed by atoms with Crippen molar-refractivity contribution in [1.82, 2.24) is 10.2 Å². The molecule has 0 bridgehead atoms. The Morgan fingerprint density at radius 2 is 1.39 bits per heavy atom. The lowest BCUT2D eigenvalue weighted by Gasteiger charge is -2.32. The number of halogens is 1. The molecule has 172 valence electrons. The van der Waals surface area contributed by atoms with Crippen LogP contribution in [-0.2, 0) is 29.0 Å². The maximum absolute atomic E-state index is 13.6. The summed E-state index contributed by atoms with van der Waals surface area (Å²) in [5, 5.41) is 3.68. The Bertz CT molecular complexity index is 1020. The predicted octanol–water partition coefficient (Wildman–Crippen LogP) is 5.29. The lowest BCUT2D eigenvalue weighted by Crippen LogP contribution is -2.51. The first-order chi connectivity index (χ1) is 15.9. The summed E-state index contributed by atoms with van der Waals surface area (Å²) in [5.41, 5.74) is 2.86. The monoisotopic (exact) mass is 462 g/mol. The second kappa shape index (κ2) is 12.2. The molecule has 0 aliphatic carbocycles. The molecule has 33 heavy (non-hydrogen) atoms. The number of nitrogens with one attached hydrogen (secondary N) is 1. The van der Waals surface area contributed by atoms with Crippen LogP contribution in [0.1, 0.15) is 30.5 Å². The summed E-state index contributed by atoms with van der Waals surface area (Å²) < 4.78 is 0. The number of hydrogen-bond donors (Lipinski definition) is 1. The lowest BCUT2D eigenvalue weighted by atomic mass is 10.0. The highest BCUT2D eigenvalue weighted by molar-refractivity contribution is 6.30. The molecule has 1 atom stereocenters. The molecule has 4 nitrogen and oxygen atoms in total. The van der Waals surface area contributed by atoms with Gasteiger partial charge in [-0.05, 0) is 34.7 Å². The zero-order chi connectivity index (χ0) is 23.6. The first kappa shape index (κ1) is 24.5. The van der Waals surface area contributed by atoms with Gasteiger partial charge in [0.25, 0.3) is 0 Å². The number of amides is 2. The average Bonchev–Trinajstić information content (AvgIpc) is 2.82. The number of nitrogens with zero attached hydrogens (tertiary/aromatic N) is 1. The summed E-state index contributed by atoms with van der Waals surface area (Å²) in [7, 11) is 0. The molecule has 0 saturated heterocycles. The van der Waals surface area contributed by atoms with Gasteiger partial charge in [0.2, 0.25) is 11.8 Å². The molecule has 0 spiro atoms. The molecule has 0 saturated carbocycles. The van der Waals surface area contributed by atoms with E-state index in [2.05, 4.69) is 19.2 Å². The molecule has 0 fully saturated rings. The molecule has 2 amide bonds. The van der Waals surface area contributed by atoms with Crippen molar-refractivity contribution in [2.75, 3.05) is 6.54 Å². The Morgan fingerprint density at radius 3 is 1.97 bits per heavy atom. The molecule has 0 aliphatic rings. The third-order valence-corrected chi connectivity index (χ3v) is 5.67. The summed E-state index contributed by atoms with van der Waals surface area (Å²) >= 11 is 6.06. The summed E-state index contributed by atoms with van der Waals surface area (Å²) in [6.45, 7) is 5.00. The third-order valence-electron chi connectivity index (χ3n) is 5.42. The van der Waals surface area contributed by atoms with Gasteiger partial charge in [-0.15, -0.1) is 0 Å². The number of rotatable bonds is 10. The van der Waals surface area contributed by atoms with Gasteiger partial charge in [-0.25, -0.2) is 0 Å². The van der Waals surface area contributed by atoms with E-state index in [1.807, 2.05) is 84.9 Å². The minimum Gasteiger partial charge on any atom is -0.354 e. The van der Waals surface area contributed by atoms with Crippen LogP contribution in [0, 0.1) is 5.92 Å². The highest BCUT2D eigenvalue weighted by Gasteiger charge is 2.30. The number of carbonyl (C=O) groups excluding carboxylic acids is 2. The third kappa shape index (κ3) is 7.76. The van der Waals surface area contributed by atoms with Gasteiger partial charge in [0.1, 0.15) is 6.04 Å². The topological polar surface area (TPSA) is 49.4 Å². The van der Waals surface area contributed by atoms with Gasteiger partial charge in [-0.1, -0.05) is 98.2 Å². The van der Waals surface area contributed by atoms with Gasteiger partial charge < -0.3 is 10.2 Å². The lowest BCUT2D eigenvalue weighted by molar-refractivity contribution is -0.140. The van der Waals surface area contributed by atoms with Crippen LogP contribution in [0.3, 0.4) is 0 Å². The summed E-state index contributed by atoms with van der Waals surface area (Å²) in [4.78, 5) is 28.7. The Balaban J connectivity index is 1.93. The second-order valence-electron chi connectivity index (χ2n) is 8.66. The van der Waals surface area contributed by atoms with Crippen LogP contribution in [0.15, 0.2) is 84.9 Å². The van der Waals surface area contributed by atoms with Crippen molar-refractivity contribution in [3.8, 4) is 0 Å². The second-order valence-corrected chi connectivity index (χ2v) is 9.09. The van der Waals surface area contributed by atoms with Crippen LogP contribution in [0.25, 0.3) is 0 Å². The zero-order valence-electron chi connectivity index (χ0n) is 19.2. The van der Waals surface area contributed by atoms with E-state index in [9.17, 15) is 9.59 Å². The molecule has 0 heterocycles. The smallest absolute Gasteiger partial charge is 0.243 e. The van der Waals surface area contributed by atoms with E-state index in [1.165, 1.54) is 0 Å². The molecule has 1 N–H and O–H groups in total. The Morgan fingerprint density at radius 1 is 0.818 bits per heavy atom.